The zero-order valence-corrected chi connectivity index (χ0v) is 16.1. The molecule has 0 aromatic carbocycles. The average Bonchev–Trinajstić information content (AvgIpc) is 3.06. The van der Waals surface area contributed by atoms with Crippen LogP contribution >= 0.6 is 0 Å². The van der Waals surface area contributed by atoms with Crippen LogP contribution in [0.4, 0.5) is 0 Å². The lowest BCUT2D eigenvalue weighted by Gasteiger charge is -2.30. The SMILES string of the molecule is CC(NC(=O)C(NC(=O)C1CCCN1C(=O)C(N)C(C)O)C(C)C)C(=O)O. The molecule has 154 valence electrons. The molecule has 5 atom stereocenters. The number of aliphatic carboxylic acids is 1. The molecule has 0 saturated carbocycles. The van der Waals surface area contributed by atoms with Crippen molar-refractivity contribution in [2.24, 2.45) is 11.7 Å². The van der Waals surface area contributed by atoms with Gasteiger partial charge in [-0.1, -0.05) is 13.8 Å². The van der Waals surface area contributed by atoms with Crippen molar-refractivity contribution in [3.05, 3.63) is 0 Å². The van der Waals surface area contributed by atoms with Gasteiger partial charge in [0, 0.05) is 6.54 Å². The van der Waals surface area contributed by atoms with E-state index in [1.807, 2.05) is 0 Å². The van der Waals surface area contributed by atoms with E-state index in [0.29, 0.717) is 19.4 Å². The van der Waals surface area contributed by atoms with Gasteiger partial charge in [0.15, 0.2) is 0 Å². The van der Waals surface area contributed by atoms with E-state index >= 15 is 0 Å². The van der Waals surface area contributed by atoms with Crippen LogP contribution in [0.2, 0.25) is 0 Å². The molecule has 0 aliphatic carbocycles. The summed E-state index contributed by atoms with van der Waals surface area (Å²) >= 11 is 0. The number of carboxylic acid groups (broad SMARTS) is 1. The highest BCUT2D eigenvalue weighted by atomic mass is 16.4. The van der Waals surface area contributed by atoms with Gasteiger partial charge in [0.05, 0.1) is 6.10 Å². The molecule has 1 rings (SSSR count). The van der Waals surface area contributed by atoms with Gasteiger partial charge < -0.3 is 31.5 Å². The smallest absolute Gasteiger partial charge is 0.325 e. The zero-order chi connectivity index (χ0) is 20.9. The fraction of sp³-hybridized carbons (Fsp3) is 0.765. The lowest BCUT2D eigenvalue weighted by molar-refractivity contribution is -0.143. The van der Waals surface area contributed by atoms with E-state index in [1.54, 1.807) is 13.8 Å². The third-order valence-electron chi connectivity index (χ3n) is 4.62. The van der Waals surface area contributed by atoms with Crippen LogP contribution in [0.3, 0.4) is 0 Å². The van der Waals surface area contributed by atoms with E-state index in [-0.39, 0.29) is 5.92 Å². The fourth-order valence-corrected chi connectivity index (χ4v) is 2.85. The molecule has 27 heavy (non-hydrogen) atoms. The van der Waals surface area contributed by atoms with Gasteiger partial charge in [-0.05, 0) is 32.6 Å². The van der Waals surface area contributed by atoms with Crippen molar-refractivity contribution >= 4 is 23.7 Å². The third-order valence-corrected chi connectivity index (χ3v) is 4.62. The molecule has 5 unspecified atom stereocenters. The molecule has 6 N–H and O–H groups in total. The molecule has 10 heteroatoms. The predicted molar refractivity (Wildman–Crippen MR) is 96.4 cm³/mol. The van der Waals surface area contributed by atoms with Gasteiger partial charge >= 0.3 is 5.97 Å². The van der Waals surface area contributed by atoms with Crippen LogP contribution in [0.5, 0.6) is 0 Å². The third kappa shape index (κ3) is 5.90. The van der Waals surface area contributed by atoms with Crippen molar-refractivity contribution in [3.63, 3.8) is 0 Å². The van der Waals surface area contributed by atoms with Crippen LogP contribution in [0.25, 0.3) is 0 Å². The largest absolute Gasteiger partial charge is 0.480 e. The molecule has 0 aromatic rings. The Morgan fingerprint density at radius 1 is 1.11 bits per heavy atom. The number of hydrogen-bond acceptors (Lipinski definition) is 6. The van der Waals surface area contributed by atoms with Crippen LogP contribution < -0.4 is 16.4 Å². The normalized spacial score (nSPS) is 21.3. The molecular weight excluding hydrogens is 356 g/mol. The Kier molecular flexibility index (Phi) is 8.17. The number of likely N-dealkylation sites (tertiary alicyclic amines) is 1. The van der Waals surface area contributed by atoms with Crippen LogP contribution in [-0.4, -0.2) is 75.6 Å². The van der Waals surface area contributed by atoms with Crippen molar-refractivity contribution in [1.82, 2.24) is 15.5 Å². The summed E-state index contributed by atoms with van der Waals surface area (Å²) < 4.78 is 0. The molecule has 0 aromatic heterocycles. The van der Waals surface area contributed by atoms with E-state index in [2.05, 4.69) is 10.6 Å². The average molecular weight is 386 g/mol. The maximum Gasteiger partial charge on any atom is 0.325 e. The topological polar surface area (TPSA) is 162 Å². The van der Waals surface area contributed by atoms with Crippen molar-refractivity contribution in [2.75, 3.05) is 6.54 Å². The van der Waals surface area contributed by atoms with Crippen molar-refractivity contribution in [2.45, 2.75) is 70.8 Å². The summed E-state index contributed by atoms with van der Waals surface area (Å²) in [5, 5.41) is 23.4. The number of rotatable bonds is 8. The second-order valence-corrected chi connectivity index (χ2v) is 7.25. The van der Waals surface area contributed by atoms with Gasteiger partial charge in [-0.3, -0.25) is 19.2 Å². The fourth-order valence-electron chi connectivity index (χ4n) is 2.85. The van der Waals surface area contributed by atoms with E-state index < -0.39 is 54.0 Å². The molecule has 1 saturated heterocycles. The molecule has 1 aliphatic heterocycles. The summed E-state index contributed by atoms with van der Waals surface area (Å²) in [7, 11) is 0. The molecular formula is C17H30N4O6. The molecule has 0 radical (unpaired) electrons. The Balaban J connectivity index is 2.84. The van der Waals surface area contributed by atoms with E-state index in [9.17, 15) is 24.3 Å². The summed E-state index contributed by atoms with van der Waals surface area (Å²) in [4.78, 5) is 49.7. The Bertz CT molecular complexity index is 580. The van der Waals surface area contributed by atoms with Crippen LogP contribution in [0, 0.1) is 5.92 Å². The Hall–Kier alpha value is -2.20. The summed E-state index contributed by atoms with van der Waals surface area (Å²) in [6, 6.07) is -3.95. The number of carboxylic acids is 1. The molecule has 0 spiro atoms. The first-order valence-electron chi connectivity index (χ1n) is 9.05. The van der Waals surface area contributed by atoms with Crippen LogP contribution in [-0.2, 0) is 19.2 Å². The Morgan fingerprint density at radius 3 is 2.19 bits per heavy atom. The minimum Gasteiger partial charge on any atom is -0.480 e. The van der Waals surface area contributed by atoms with Gasteiger partial charge in [-0.25, -0.2) is 0 Å². The number of carbonyl (C=O) groups excluding carboxylic acids is 3. The number of aliphatic hydroxyl groups is 1. The molecule has 1 heterocycles. The van der Waals surface area contributed by atoms with Crippen molar-refractivity contribution in [1.29, 1.82) is 0 Å². The Labute approximate surface area is 158 Å². The molecule has 1 fully saturated rings. The monoisotopic (exact) mass is 386 g/mol. The number of nitrogens with two attached hydrogens (primary N) is 1. The van der Waals surface area contributed by atoms with Gasteiger partial charge in [0.2, 0.25) is 17.7 Å². The maximum atomic E-state index is 12.7. The maximum absolute atomic E-state index is 12.7. The minimum atomic E-state index is -1.18. The van der Waals surface area contributed by atoms with E-state index in [0.717, 1.165) is 0 Å². The van der Waals surface area contributed by atoms with Gasteiger partial charge in [0.25, 0.3) is 0 Å². The van der Waals surface area contributed by atoms with Crippen LogP contribution in [0.1, 0.15) is 40.5 Å². The summed E-state index contributed by atoms with van der Waals surface area (Å²) in [5.41, 5.74) is 5.69. The molecule has 0 bridgehead atoms. The Morgan fingerprint density at radius 2 is 1.70 bits per heavy atom. The number of amides is 3. The minimum absolute atomic E-state index is 0.291. The first-order valence-corrected chi connectivity index (χ1v) is 9.05. The first-order chi connectivity index (χ1) is 12.5. The first kappa shape index (κ1) is 22.8. The van der Waals surface area contributed by atoms with Crippen molar-refractivity contribution < 1.29 is 29.4 Å². The highest BCUT2D eigenvalue weighted by molar-refractivity contribution is 5.94. The van der Waals surface area contributed by atoms with Gasteiger partial charge in [-0.2, -0.15) is 0 Å². The second kappa shape index (κ2) is 9.65. The number of hydrogen-bond donors (Lipinski definition) is 5. The summed E-state index contributed by atoms with van der Waals surface area (Å²) in [6.07, 6.45) is -0.0268. The van der Waals surface area contributed by atoms with Crippen molar-refractivity contribution in [3.8, 4) is 0 Å². The highest BCUT2D eigenvalue weighted by Gasteiger charge is 2.39. The van der Waals surface area contributed by atoms with E-state index in [4.69, 9.17) is 10.8 Å². The molecule has 3 amide bonds. The van der Waals surface area contributed by atoms with E-state index in [1.165, 1.54) is 18.7 Å². The highest BCUT2D eigenvalue weighted by Crippen LogP contribution is 2.19. The lowest BCUT2D eigenvalue weighted by atomic mass is 10.0. The second-order valence-electron chi connectivity index (χ2n) is 7.25. The summed E-state index contributed by atoms with van der Waals surface area (Å²) in [5.74, 6) is -3.11. The zero-order valence-electron chi connectivity index (χ0n) is 16.1. The lowest BCUT2D eigenvalue weighted by Crippen LogP contribution is -2.58. The number of nitrogens with zero attached hydrogens (tertiary/aromatic N) is 1. The van der Waals surface area contributed by atoms with Gasteiger partial charge in [-0.15, -0.1) is 0 Å². The quantitative estimate of drug-likeness (QED) is 0.336. The summed E-state index contributed by atoms with van der Waals surface area (Å²) in [6.45, 7) is 6.50. The number of nitrogens with one attached hydrogen (secondary N) is 2. The molecule has 1 aliphatic rings. The number of carbonyl (C=O) groups is 4. The number of aliphatic hydroxyl groups excluding tert-OH is 1. The standard InChI is InChI=1S/C17H30N4O6/c1-8(2)13(15(24)19-9(3)17(26)27)20-14(23)11-6-5-7-21(11)16(25)12(18)10(4)22/h8-13,22H,5-7,18H2,1-4H3,(H,19,24)(H,20,23)(H,26,27). The predicted octanol–water partition coefficient (Wildman–Crippen LogP) is -1.58. The van der Waals surface area contributed by atoms with Gasteiger partial charge in [0.1, 0.15) is 24.2 Å². The molecule has 10 nitrogen and oxygen atoms in total. The van der Waals surface area contributed by atoms with Crippen LogP contribution in [0.15, 0.2) is 0 Å².